The molecule has 1 fully saturated rings. The smallest absolute Gasteiger partial charge is 0.126 e. The lowest BCUT2D eigenvalue weighted by Crippen LogP contribution is -2.22. The lowest BCUT2D eigenvalue weighted by molar-refractivity contribution is 0.272. The number of halogens is 2. The van der Waals surface area contributed by atoms with Crippen LogP contribution in [0.25, 0.3) is 0 Å². The van der Waals surface area contributed by atoms with Gasteiger partial charge in [0.25, 0.3) is 0 Å². The fourth-order valence-electron chi connectivity index (χ4n) is 2.08. The van der Waals surface area contributed by atoms with Crippen molar-refractivity contribution in [1.29, 1.82) is 0 Å². The molecule has 0 aromatic heterocycles. The molecule has 1 aromatic carbocycles. The molecule has 1 aliphatic rings. The molecule has 0 spiro atoms. The van der Waals surface area contributed by atoms with E-state index in [-0.39, 0.29) is 5.82 Å². The van der Waals surface area contributed by atoms with Crippen molar-refractivity contribution in [3.05, 3.63) is 35.6 Å². The Bertz CT molecular complexity index is 307. The summed E-state index contributed by atoms with van der Waals surface area (Å²) in [6.45, 7) is 0. The first-order valence-corrected chi connectivity index (χ1v) is 6.25. The highest BCUT2D eigenvalue weighted by Gasteiger charge is 2.28. The van der Waals surface area contributed by atoms with E-state index < -0.39 is 0 Å². The van der Waals surface area contributed by atoms with E-state index in [1.54, 1.807) is 12.1 Å². The predicted molar refractivity (Wildman–Crippen MR) is 60.3 cm³/mol. The molecular weight excluding hydrogens is 243 g/mol. The molecule has 0 saturated heterocycles. The lowest BCUT2D eigenvalue weighted by Gasteiger charge is -2.33. The quantitative estimate of drug-likeness (QED) is 0.715. The summed E-state index contributed by atoms with van der Waals surface area (Å²) in [5, 5.41) is 0.874. The molecule has 0 radical (unpaired) electrons. The van der Waals surface area contributed by atoms with Crippen LogP contribution in [0.5, 0.6) is 0 Å². The van der Waals surface area contributed by atoms with Gasteiger partial charge < -0.3 is 0 Å². The molecule has 0 amide bonds. The van der Waals surface area contributed by atoms with Crippen LogP contribution in [0.4, 0.5) is 4.39 Å². The summed E-state index contributed by atoms with van der Waals surface area (Å²) >= 11 is 3.50. The maximum Gasteiger partial charge on any atom is 0.126 e. The molecule has 1 aliphatic carbocycles. The second-order valence-corrected chi connectivity index (χ2v) is 4.62. The molecule has 0 heterocycles. The van der Waals surface area contributed by atoms with Crippen molar-refractivity contribution in [3.8, 4) is 0 Å². The standard InChI is InChI=1S/C12H14BrF/c13-8-11(9-4-3-5-9)10-6-1-2-7-12(10)14/h1-2,6-7,9,11H,3-5,8H2. The van der Waals surface area contributed by atoms with Gasteiger partial charge in [-0.1, -0.05) is 40.5 Å². The molecule has 1 saturated carbocycles. The van der Waals surface area contributed by atoms with E-state index >= 15 is 0 Å². The fourth-order valence-corrected chi connectivity index (χ4v) is 2.96. The molecule has 0 nitrogen and oxygen atoms in total. The van der Waals surface area contributed by atoms with Gasteiger partial charge in [0.2, 0.25) is 0 Å². The highest BCUT2D eigenvalue weighted by Crippen LogP contribution is 2.40. The second kappa shape index (κ2) is 4.43. The Morgan fingerprint density at radius 1 is 1.36 bits per heavy atom. The zero-order valence-electron chi connectivity index (χ0n) is 8.05. The van der Waals surface area contributed by atoms with Gasteiger partial charge >= 0.3 is 0 Å². The monoisotopic (exact) mass is 256 g/mol. The molecule has 0 N–H and O–H groups in total. The van der Waals surface area contributed by atoms with Gasteiger partial charge in [-0.15, -0.1) is 0 Å². The van der Waals surface area contributed by atoms with Crippen LogP contribution in [0.2, 0.25) is 0 Å². The molecule has 2 heteroatoms. The second-order valence-electron chi connectivity index (χ2n) is 3.97. The third-order valence-electron chi connectivity index (χ3n) is 3.19. The molecule has 0 aliphatic heterocycles. The van der Waals surface area contributed by atoms with Crippen LogP contribution in [0.3, 0.4) is 0 Å². The summed E-state index contributed by atoms with van der Waals surface area (Å²) in [6.07, 6.45) is 3.82. The Morgan fingerprint density at radius 3 is 2.57 bits per heavy atom. The van der Waals surface area contributed by atoms with E-state index in [1.807, 2.05) is 12.1 Å². The van der Waals surface area contributed by atoms with E-state index in [2.05, 4.69) is 15.9 Å². The van der Waals surface area contributed by atoms with Gasteiger partial charge in [-0.25, -0.2) is 4.39 Å². The van der Waals surface area contributed by atoms with Crippen molar-refractivity contribution < 1.29 is 4.39 Å². The minimum atomic E-state index is -0.0520. The molecule has 14 heavy (non-hydrogen) atoms. The maximum absolute atomic E-state index is 13.5. The van der Waals surface area contributed by atoms with Gasteiger partial charge in [-0.2, -0.15) is 0 Å². The van der Waals surface area contributed by atoms with Gasteiger partial charge in [0.1, 0.15) is 5.82 Å². The van der Waals surface area contributed by atoms with Crippen LogP contribution >= 0.6 is 15.9 Å². The minimum Gasteiger partial charge on any atom is -0.207 e. The topological polar surface area (TPSA) is 0 Å². The van der Waals surface area contributed by atoms with Crippen molar-refractivity contribution >= 4 is 15.9 Å². The summed E-state index contributed by atoms with van der Waals surface area (Å²) < 4.78 is 13.5. The van der Waals surface area contributed by atoms with E-state index in [9.17, 15) is 4.39 Å². The van der Waals surface area contributed by atoms with Gasteiger partial charge in [-0.05, 0) is 36.3 Å². The average molecular weight is 257 g/mol. The van der Waals surface area contributed by atoms with Crippen LogP contribution in [0.15, 0.2) is 24.3 Å². The fraction of sp³-hybridized carbons (Fsp3) is 0.500. The number of hydrogen-bond acceptors (Lipinski definition) is 0. The Balaban J connectivity index is 2.22. The van der Waals surface area contributed by atoms with Gasteiger partial charge in [0.05, 0.1) is 0 Å². The first-order valence-electron chi connectivity index (χ1n) is 5.13. The van der Waals surface area contributed by atoms with Crippen molar-refractivity contribution in [2.45, 2.75) is 25.2 Å². The van der Waals surface area contributed by atoms with E-state index in [0.717, 1.165) is 10.9 Å². The molecule has 2 rings (SSSR count). The van der Waals surface area contributed by atoms with Crippen molar-refractivity contribution in [2.75, 3.05) is 5.33 Å². The summed E-state index contributed by atoms with van der Waals surface area (Å²) in [5.41, 5.74) is 0.883. The van der Waals surface area contributed by atoms with Gasteiger partial charge in [0, 0.05) is 5.33 Å². The molecule has 76 valence electrons. The van der Waals surface area contributed by atoms with Crippen LogP contribution in [0.1, 0.15) is 30.7 Å². The summed E-state index contributed by atoms with van der Waals surface area (Å²) in [5.74, 6) is 1.00. The normalized spacial score (nSPS) is 19.0. The highest BCUT2D eigenvalue weighted by atomic mass is 79.9. The first-order chi connectivity index (χ1) is 6.83. The zero-order chi connectivity index (χ0) is 9.97. The van der Waals surface area contributed by atoms with Gasteiger partial charge in [-0.3, -0.25) is 0 Å². The Labute approximate surface area is 92.6 Å². The van der Waals surface area contributed by atoms with E-state index in [1.165, 1.54) is 19.3 Å². The predicted octanol–water partition coefficient (Wildman–Crippen LogP) is 4.10. The molecular formula is C12H14BrF. The number of hydrogen-bond donors (Lipinski definition) is 0. The summed E-state index contributed by atoms with van der Waals surface area (Å²) in [7, 11) is 0. The molecule has 0 bridgehead atoms. The van der Waals surface area contributed by atoms with E-state index in [0.29, 0.717) is 11.8 Å². The molecule has 1 atom stereocenters. The number of alkyl halides is 1. The highest BCUT2D eigenvalue weighted by molar-refractivity contribution is 9.09. The Kier molecular flexibility index (Phi) is 3.22. The number of rotatable bonds is 3. The lowest BCUT2D eigenvalue weighted by atomic mass is 9.74. The zero-order valence-corrected chi connectivity index (χ0v) is 9.63. The Hall–Kier alpha value is -0.370. The number of benzene rings is 1. The third kappa shape index (κ3) is 1.85. The van der Waals surface area contributed by atoms with Crippen LogP contribution in [-0.4, -0.2) is 5.33 Å². The first kappa shape index (κ1) is 10.2. The van der Waals surface area contributed by atoms with Crippen LogP contribution in [-0.2, 0) is 0 Å². The molecule has 1 unspecified atom stereocenters. The van der Waals surface area contributed by atoms with Crippen molar-refractivity contribution in [1.82, 2.24) is 0 Å². The third-order valence-corrected chi connectivity index (χ3v) is 3.89. The SMILES string of the molecule is Fc1ccccc1C(CBr)C1CCC1. The average Bonchev–Trinajstić information content (AvgIpc) is 2.12. The molecule has 1 aromatic rings. The van der Waals surface area contributed by atoms with E-state index in [4.69, 9.17) is 0 Å². The minimum absolute atomic E-state index is 0.0520. The van der Waals surface area contributed by atoms with Gasteiger partial charge in [0.15, 0.2) is 0 Å². The largest absolute Gasteiger partial charge is 0.207 e. The summed E-state index contributed by atoms with van der Waals surface area (Å²) in [6, 6.07) is 7.15. The van der Waals surface area contributed by atoms with Crippen molar-refractivity contribution in [3.63, 3.8) is 0 Å². The maximum atomic E-state index is 13.5. The summed E-state index contributed by atoms with van der Waals surface area (Å²) in [4.78, 5) is 0. The van der Waals surface area contributed by atoms with Crippen LogP contribution < -0.4 is 0 Å². The van der Waals surface area contributed by atoms with Crippen LogP contribution in [0, 0.1) is 11.7 Å². The van der Waals surface area contributed by atoms with Crippen molar-refractivity contribution in [2.24, 2.45) is 5.92 Å². The Morgan fingerprint density at radius 2 is 2.07 bits per heavy atom.